The third-order valence-corrected chi connectivity index (χ3v) is 3.17. The fourth-order valence-electron chi connectivity index (χ4n) is 2.12. The molecule has 1 aromatic heterocycles. The summed E-state index contributed by atoms with van der Waals surface area (Å²) in [7, 11) is 0. The summed E-state index contributed by atoms with van der Waals surface area (Å²) < 4.78 is 0. The molecule has 0 aliphatic heterocycles. The van der Waals surface area contributed by atoms with Gasteiger partial charge in [0.2, 0.25) is 0 Å². The van der Waals surface area contributed by atoms with E-state index in [4.69, 9.17) is 5.73 Å². The molecule has 0 spiro atoms. The standard InChI is InChI=1S/C17H14N2O/c18-14-8-4-12(5-9-14)3-6-13-7-10-16(20)17-15(13)2-1-11-19-17/h1-11,20H,18H2/b6-3+. The molecule has 20 heavy (non-hydrogen) atoms. The molecular weight excluding hydrogens is 248 g/mol. The number of fused-ring (bicyclic) bond motifs is 1. The monoisotopic (exact) mass is 262 g/mol. The molecule has 0 unspecified atom stereocenters. The Kier molecular flexibility index (Phi) is 3.09. The molecule has 0 saturated carbocycles. The number of nitrogen functional groups attached to an aromatic ring is 1. The molecule has 2 aromatic carbocycles. The van der Waals surface area contributed by atoms with Crippen molar-refractivity contribution >= 4 is 28.7 Å². The van der Waals surface area contributed by atoms with E-state index in [1.807, 2.05) is 54.6 Å². The predicted octanol–water partition coefficient (Wildman–Crippen LogP) is 3.69. The Labute approximate surface area is 117 Å². The first-order chi connectivity index (χ1) is 9.74. The second-order valence-corrected chi connectivity index (χ2v) is 4.57. The van der Waals surface area contributed by atoms with E-state index in [9.17, 15) is 5.11 Å². The van der Waals surface area contributed by atoms with Crippen LogP contribution in [0.4, 0.5) is 5.69 Å². The first-order valence-corrected chi connectivity index (χ1v) is 6.34. The van der Waals surface area contributed by atoms with Gasteiger partial charge >= 0.3 is 0 Å². The van der Waals surface area contributed by atoms with Crippen molar-refractivity contribution in [2.75, 3.05) is 5.73 Å². The van der Waals surface area contributed by atoms with Gasteiger partial charge in [0.05, 0.1) is 0 Å². The molecule has 0 bridgehead atoms. The molecule has 0 radical (unpaired) electrons. The maximum absolute atomic E-state index is 9.81. The van der Waals surface area contributed by atoms with Gasteiger partial charge < -0.3 is 10.8 Å². The largest absolute Gasteiger partial charge is 0.506 e. The Morgan fingerprint density at radius 1 is 0.950 bits per heavy atom. The number of aromatic nitrogens is 1. The molecule has 0 aliphatic rings. The van der Waals surface area contributed by atoms with Crippen LogP contribution in [-0.2, 0) is 0 Å². The number of nitrogens with zero attached hydrogens (tertiary/aromatic N) is 1. The summed E-state index contributed by atoms with van der Waals surface area (Å²) >= 11 is 0. The van der Waals surface area contributed by atoms with Gasteiger partial charge in [-0.3, -0.25) is 4.98 Å². The number of aromatic hydroxyl groups is 1. The second kappa shape index (κ2) is 5.05. The van der Waals surface area contributed by atoms with Gasteiger partial charge in [-0.15, -0.1) is 0 Å². The van der Waals surface area contributed by atoms with Crippen LogP contribution in [-0.4, -0.2) is 10.1 Å². The predicted molar refractivity (Wildman–Crippen MR) is 83.2 cm³/mol. The number of hydrogen-bond donors (Lipinski definition) is 2. The smallest absolute Gasteiger partial charge is 0.141 e. The van der Waals surface area contributed by atoms with E-state index in [0.29, 0.717) is 5.52 Å². The van der Waals surface area contributed by atoms with Gasteiger partial charge in [-0.05, 0) is 35.4 Å². The topological polar surface area (TPSA) is 59.1 Å². The van der Waals surface area contributed by atoms with Crippen LogP contribution < -0.4 is 5.73 Å². The van der Waals surface area contributed by atoms with E-state index in [1.54, 1.807) is 12.3 Å². The van der Waals surface area contributed by atoms with Crippen LogP contribution in [0, 0.1) is 0 Å². The Bertz CT molecular complexity index is 777. The molecule has 3 aromatic rings. The molecule has 3 rings (SSSR count). The Morgan fingerprint density at radius 3 is 2.55 bits per heavy atom. The minimum absolute atomic E-state index is 0.199. The van der Waals surface area contributed by atoms with Crippen molar-refractivity contribution in [3.05, 3.63) is 65.9 Å². The molecule has 1 heterocycles. The lowest BCUT2D eigenvalue weighted by molar-refractivity contribution is 0.480. The number of pyridine rings is 1. The summed E-state index contributed by atoms with van der Waals surface area (Å²) in [6, 6.07) is 15.0. The fourth-order valence-corrected chi connectivity index (χ4v) is 2.12. The molecule has 0 saturated heterocycles. The summed E-state index contributed by atoms with van der Waals surface area (Å²) in [4.78, 5) is 4.21. The van der Waals surface area contributed by atoms with Crippen molar-refractivity contribution < 1.29 is 5.11 Å². The summed E-state index contributed by atoms with van der Waals surface area (Å²) in [6.07, 6.45) is 5.70. The normalized spacial score (nSPS) is 11.2. The van der Waals surface area contributed by atoms with Crippen molar-refractivity contribution in [3.8, 4) is 5.75 Å². The van der Waals surface area contributed by atoms with Crippen molar-refractivity contribution in [2.45, 2.75) is 0 Å². The van der Waals surface area contributed by atoms with Gasteiger partial charge in [0, 0.05) is 17.3 Å². The molecule has 0 amide bonds. The molecular formula is C17H14N2O. The van der Waals surface area contributed by atoms with E-state index in [2.05, 4.69) is 4.98 Å². The summed E-state index contributed by atoms with van der Waals surface area (Å²) in [5.74, 6) is 0.199. The zero-order valence-electron chi connectivity index (χ0n) is 10.8. The van der Waals surface area contributed by atoms with Gasteiger partial charge in [0.15, 0.2) is 0 Å². The van der Waals surface area contributed by atoms with Gasteiger partial charge in [0.1, 0.15) is 11.3 Å². The van der Waals surface area contributed by atoms with E-state index < -0.39 is 0 Å². The first kappa shape index (κ1) is 12.2. The number of rotatable bonds is 2. The van der Waals surface area contributed by atoms with Crippen molar-refractivity contribution in [1.29, 1.82) is 0 Å². The molecule has 3 N–H and O–H groups in total. The maximum Gasteiger partial charge on any atom is 0.141 e. The zero-order chi connectivity index (χ0) is 13.9. The van der Waals surface area contributed by atoms with Crippen LogP contribution in [0.3, 0.4) is 0 Å². The van der Waals surface area contributed by atoms with E-state index in [0.717, 1.165) is 22.2 Å². The van der Waals surface area contributed by atoms with E-state index >= 15 is 0 Å². The van der Waals surface area contributed by atoms with Gasteiger partial charge in [-0.25, -0.2) is 0 Å². The first-order valence-electron chi connectivity index (χ1n) is 6.34. The number of benzene rings is 2. The number of hydrogen-bond acceptors (Lipinski definition) is 3. The lowest BCUT2D eigenvalue weighted by Gasteiger charge is -2.03. The Balaban J connectivity index is 2.03. The van der Waals surface area contributed by atoms with Crippen LogP contribution in [0.5, 0.6) is 5.75 Å². The van der Waals surface area contributed by atoms with Gasteiger partial charge in [0.25, 0.3) is 0 Å². The van der Waals surface area contributed by atoms with Crippen molar-refractivity contribution in [1.82, 2.24) is 4.98 Å². The molecule has 0 aliphatic carbocycles. The molecule has 0 atom stereocenters. The molecule has 98 valence electrons. The van der Waals surface area contributed by atoms with Gasteiger partial charge in [-0.2, -0.15) is 0 Å². The van der Waals surface area contributed by atoms with Crippen LogP contribution in [0.25, 0.3) is 23.1 Å². The SMILES string of the molecule is Nc1ccc(/C=C/c2ccc(O)c3ncccc23)cc1. The molecule has 3 nitrogen and oxygen atoms in total. The maximum atomic E-state index is 9.81. The van der Waals surface area contributed by atoms with Gasteiger partial charge in [-0.1, -0.05) is 36.4 Å². The van der Waals surface area contributed by atoms with Crippen LogP contribution >= 0.6 is 0 Å². The minimum atomic E-state index is 0.199. The van der Waals surface area contributed by atoms with E-state index in [-0.39, 0.29) is 5.75 Å². The lowest BCUT2D eigenvalue weighted by atomic mass is 10.1. The highest BCUT2D eigenvalue weighted by Gasteiger charge is 2.03. The quantitative estimate of drug-likeness (QED) is 0.547. The second-order valence-electron chi connectivity index (χ2n) is 4.57. The number of phenols is 1. The summed E-state index contributed by atoms with van der Waals surface area (Å²) in [5, 5.41) is 10.7. The van der Waals surface area contributed by atoms with Crippen LogP contribution in [0.1, 0.15) is 11.1 Å². The highest BCUT2D eigenvalue weighted by molar-refractivity contribution is 5.93. The number of phenolic OH excluding ortho intramolecular Hbond substituents is 1. The third kappa shape index (κ3) is 2.34. The Morgan fingerprint density at radius 2 is 1.75 bits per heavy atom. The lowest BCUT2D eigenvalue weighted by Crippen LogP contribution is -1.84. The Hall–Kier alpha value is -2.81. The van der Waals surface area contributed by atoms with Crippen molar-refractivity contribution in [2.24, 2.45) is 0 Å². The van der Waals surface area contributed by atoms with Crippen molar-refractivity contribution in [3.63, 3.8) is 0 Å². The van der Waals surface area contributed by atoms with Crippen LogP contribution in [0.15, 0.2) is 54.7 Å². The summed E-state index contributed by atoms with van der Waals surface area (Å²) in [6.45, 7) is 0. The molecule has 3 heteroatoms. The van der Waals surface area contributed by atoms with E-state index in [1.165, 1.54) is 0 Å². The summed E-state index contributed by atoms with van der Waals surface area (Å²) in [5.41, 5.74) is 9.12. The average Bonchev–Trinajstić information content (AvgIpc) is 2.49. The highest BCUT2D eigenvalue weighted by Crippen LogP contribution is 2.26. The fraction of sp³-hybridized carbons (Fsp3) is 0. The minimum Gasteiger partial charge on any atom is -0.506 e. The average molecular weight is 262 g/mol. The third-order valence-electron chi connectivity index (χ3n) is 3.17. The number of nitrogens with two attached hydrogens (primary N) is 1. The van der Waals surface area contributed by atoms with Crippen LogP contribution in [0.2, 0.25) is 0 Å². The molecule has 0 fully saturated rings. The highest BCUT2D eigenvalue weighted by atomic mass is 16.3. The zero-order valence-corrected chi connectivity index (χ0v) is 10.8. The number of anilines is 1.